The Morgan fingerprint density at radius 1 is 0.533 bits per heavy atom. The lowest BCUT2D eigenvalue weighted by Crippen LogP contribution is -2.33. The molecule has 4 heteroatoms. The Hall–Kier alpha value is -6.00. The lowest BCUT2D eigenvalue weighted by molar-refractivity contribution is 0.663. The molecule has 210 valence electrons. The van der Waals surface area contributed by atoms with Gasteiger partial charge in [-0.3, -0.25) is 0 Å². The average Bonchev–Trinajstić information content (AvgIpc) is 3.65. The Kier molecular flexibility index (Phi) is 5.02. The minimum Gasteiger partial charge on any atom is -0.455 e. The predicted molar refractivity (Wildman–Crippen MR) is 185 cm³/mol. The van der Waals surface area contributed by atoms with Gasteiger partial charge in [-0.15, -0.1) is 0 Å². The fraction of sp³-hybridized carbons (Fsp3) is 0.0244. The van der Waals surface area contributed by atoms with Crippen LogP contribution in [0.25, 0.3) is 65.7 Å². The van der Waals surface area contributed by atoms with Gasteiger partial charge in [0.25, 0.3) is 0 Å². The van der Waals surface area contributed by atoms with Crippen LogP contribution in [0.3, 0.4) is 0 Å². The number of nitrogens with one attached hydrogen (secondary N) is 1. The van der Waals surface area contributed by atoms with Crippen molar-refractivity contribution in [2.24, 2.45) is 9.98 Å². The second-order valence-electron chi connectivity index (χ2n) is 11.8. The summed E-state index contributed by atoms with van der Waals surface area (Å²) in [4.78, 5) is 10.3. The van der Waals surface area contributed by atoms with Crippen LogP contribution < -0.4 is 5.32 Å². The van der Waals surface area contributed by atoms with E-state index in [1.807, 2.05) is 18.2 Å². The molecule has 1 aliphatic heterocycles. The number of amidine groups is 2. The van der Waals surface area contributed by atoms with Crippen LogP contribution in [0.1, 0.15) is 22.9 Å². The Bertz CT molecular complexity index is 2570. The Morgan fingerprint density at radius 3 is 2.11 bits per heavy atom. The van der Waals surface area contributed by atoms with Gasteiger partial charge in [-0.1, -0.05) is 121 Å². The molecule has 0 amide bonds. The fourth-order valence-electron chi connectivity index (χ4n) is 7.20. The summed E-state index contributed by atoms with van der Waals surface area (Å²) < 4.78 is 6.79. The monoisotopic (exact) mass is 575 g/mol. The molecule has 8 aromatic rings. The fourth-order valence-corrected chi connectivity index (χ4v) is 7.20. The molecule has 1 unspecified atom stereocenters. The van der Waals surface area contributed by atoms with Crippen molar-refractivity contribution in [1.29, 1.82) is 0 Å². The van der Waals surface area contributed by atoms with Crippen molar-refractivity contribution in [3.8, 4) is 22.3 Å². The van der Waals surface area contributed by atoms with E-state index in [0.29, 0.717) is 5.84 Å². The molecule has 0 bridgehead atoms. The Morgan fingerprint density at radius 2 is 1.24 bits per heavy atom. The van der Waals surface area contributed by atoms with E-state index in [1.54, 1.807) is 0 Å². The minimum atomic E-state index is -0.311. The summed E-state index contributed by atoms with van der Waals surface area (Å²) in [5.74, 6) is 1.44. The molecule has 1 aliphatic carbocycles. The van der Waals surface area contributed by atoms with Crippen LogP contribution in [0, 0.1) is 0 Å². The van der Waals surface area contributed by atoms with Gasteiger partial charge in [-0.25, -0.2) is 9.98 Å². The SMILES string of the molecule is c1ccc(C2=NC(c3cccc4c3oc3cc5c6c(cccc6c34)-c3ccccc3-5)=NC(c3ccc4ccccc4c3)N2)cc1. The van der Waals surface area contributed by atoms with Crippen molar-refractivity contribution in [2.75, 3.05) is 0 Å². The lowest BCUT2D eigenvalue weighted by atomic mass is 9.97. The third-order valence-electron chi connectivity index (χ3n) is 9.25. The van der Waals surface area contributed by atoms with Crippen LogP contribution in [0.2, 0.25) is 0 Å². The highest BCUT2D eigenvalue weighted by Gasteiger charge is 2.27. The van der Waals surface area contributed by atoms with E-state index in [4.69, 9.17) is 14.4 Å². The van der Waals surface area contributed by atoms with Gasteiger partial charge < -0.3 is 9.73 Å². The number of rotatable bonds is 3. The average molecular weight is 576 g/mol. The maximum Gasteiger partial charge on any atom is 0.163 e. The van der Waals surface area contributed by atoms with E-state index >= 15 is 0 Å². The summed E-state index contributed by atoms with van der Waals surface area (Å²) in [6.45, 7) is 0. The Labute approximate surface area is 259 Å². The van der Waals surface area contributed by atoms with Crippen LogP contribution in [-0.2, 0) is 0 Å². The van der Waals surface area contributed by atoms with Crippen LogP contribution in [0.5, 0.6) is 0 Å². The number of hydrogen-bond acceptors (Lipinski definition) is 4. The summed E-state index contributed by atoms with van der Waals surface area (Å²) in [5.41, 5.74) is 9.69. The molecular formula is C41H25N3O. The second kappa shape index (κ2) is 9.25. The van der Waals surface area contributed by atoms with Crippen LogP contribution >= 0.6 is 0 Å². The maximum absolute atomic E-state index is 6.79. The first kappa shape index (κ1) is 24.4. The first-order chi connectivity index (χ1) is 22.3. The predicted octanol–water partition coefficient (Wildman–Crippen LogP) is 10.0. The van der Waals surface area contributed by atoms with E-state index in [9.17, 15) is 0 Å². The summed E-state index contributed by atoms with van der Waals surface area (Å²) in [5, 5.41) is 10.7. The zero-order chi connectivity index (χ0) is 29.5. The first-order valence-electron chi connectivity index (χ1n) is 15.3. The van der Waals surface area contributed by atoms with Crippen molar-refractivity contribution < 1.29 is 4.42 Å². The number of para-hydroxylation sites is 1. The maximum atomic E-state index is 6.79. The van der Waals surface area contributed by atoms with Crippen molar-refractivity contribution in [3.63, 3.8) is 0 Å². The summed E-state index contributed by atoms with van der Waals surface area (Å²) in [7, 11) is 0. The van der Waals surface area contributed by atoms with Crippen molar-refractivity contribution in [2.45, 2.75) is 6.17 Å². The van der Waals surface area contributed by atoms with Crippen LogP contribution in [-0.4, -0.2) is 11.7 Å². The van der Waals surface area contributed by atoms with E-state index in [0.717, 1.165) is 44.5 Å². The standard InChI is InChI=1S/C41H25N3O/c1-2-11-25(12-3-1)39-42-40(27-21-20-24-10-4-5-13-26(24)22-27)44-41(43-39)33-19-9-18-32-37-31-17-8-16-30-28-14-6-7-15-29(28)34(36(30)31)23-35(37)45-38(32)33/h1-23,40H,(H,42,43,44). The number of furan rings is 1. The van der Waals surface area contributed by atoms with E-state index in [-0.39, 0.29) is 6.17 Å². The third-order valence-corrected chi connectivity index (χ3v) is 9.25. The van der Waals surface area contributed by atoms with Crippen LogP contribution in [0.15, 0.2) is 154 Å². The number of nitrogens with zero attached hydrogens (tertiary/aromatic N) is 2. The van der Waals surface area contributed by atoms with E-state index < -0.39 is 0 Å². The number of benzene rings is 7. The van der Waals surface area contributed by atoms with Gasteiger partial charge in [-0.05, 0) is 67.6 Å². The van der Waals surface area contributed by atoms with Gasteiger partial charge >= 0.3 is 0 Å². The number of hydrogen-bond donors (Lipinski definition) is 1. The molecule has 1 N–H and O–H groups in total. The number of aliphatic imine (C=N–C) groups is 2. The highest BCUT2D eigenvalue weighted by Crippen LogP contribution is 2.50. The summed E-state index contributed by atoms with van der Waals surface area (Å²) in [6.07, 6.45) is -0.311. The lowest BCUT2D eigenvalue weighted by Gasteiger charge is -2.24. The van der Waals surface area contributed by atoms with Gasteiger partial charge in [0.15, 0.2) is 5.84 Å². The number of fused-ring (bicyclic) bond motifs is 8. The Balaban J connectivity index is 1.20. The van der Waals surface area contributed by atoms with E-state index in [1.165, 1.54) is 43.8 Å². The minimum absolute atomic E-state index is 0.311. The van der Waals surface area contributed by atoms with Crippen LogP contribution in [0.4, 0.5) is 0 Å². The smallest absolute Gasteiger partial charge is 0.163 e. The molecule has 0 saturated carbocycles. The molecule has 0 radical (unpaired) electrons. The topological polar surface area (TPSA) is 49.9 Å². The molecule has 7 aromatic carbocycles. The quantitative estimate of drug-likeness (QED) is 0.228. The van der Waals surface area contributed by atoms with Gasteiger partial charge in [0.05, 0.1) is 5.56 Å². The van der Waals surface area contributed by atoms with Crippen molar-refractivity contribution >= 4 is 55.2 Å². The molecule has 2 aliphatic rings. The summed E-state index contributed by atoms with van der Waals surface area (Å²) >= 11 is 0. The summed E-state index contributed by atoms with van der Waals surface area (Å²) in [6, 6.07) is 49.0. The van der Waals surface area contributed by atoms with Gasteiger partial charge in [-0.2, -0.15) is 0 Å². The highest BCUT2D eigenvalue weighted by atomic mass is 16.3. The van der Waals surface area contributed by atoms with E-state index in [2.05, 4.69) is 127 Å². The normalized spacial score (nSPS) is 15.3. The second-order valence-corrected chi connectivity index (χ2v) is 11.8. The molecular weight excluding hydrogens is 550 g/mol. The molecule has 0 fully saturated rings. The third kappa shape index (κ3) is 3.60. The van der Waals surface area contributed by atoms with Gasteiger partial charge in [0.2, 0.25) is 0 Å². The first-order valence-corrected chi connectivity index (χ1v) is 15.3. The molecule has 2 heterocycles. The molecule has 4 nitrogen and oxygen atoms in total. The molecule has 10 rings (SSSR count). The zero-order valence-electron chi connectivity index (χ0n) is 24.2. The molecule has 0 saturated heterocycles. The molecule has 0 spiro atoms. The van der Waals surface area contributed by atoms with Crippen molar-refractivity contribution in [3.05, 3.63) is 156 Å². The van der Waals surface area contributed by atoms with Gasteiger partial charge in [0.1, 0.15) is 23.2 Å². The zero-order valence-corrected chi connectivity index (χ0v) is 24.2. The van der Waals surface area contributed by atoms with Gasteiger partial charge in [0, 0.05) is 16.3 Å². The highest BCUT2D eigenvalue weighted by molar-refractivity contribution is 6.29. The van der Waals surface area contributed by atoms with Crippen molar-refractivity contribution in [1.82, 2.24) is 5.32 Å². The largest absolute Gasteiger partial charge is 0.455 e. The molecule has 45 heavy (non-hydrogen) atoms. The molecule has 1 aromatic heterocycles. The molecule has 1 atom stereocenters.